The molecule has 1 unspecified atom stereocenters. The molecule has 0 N–H and O–H groups in total. The molecular formula is C14H17N3O3. The summed E-state index contributed by atoms with van der Waals surface area (Å²) in [7, 11) is 0. The van der Waals surface area contributed by atoms with E-state index in [1.807, 2.05) is 12.1 Å². The van der Waals surface area contributed by atoms with Crippen LogP contribution < -0.4 is 0 Å². The summed E-state index contributed by atoms with van der Waals surface area (Å²) in [6.07, 6.45) is 3.82. The van der Waals surface area contributed by atoms with Crippen LogP contribution in [0.5, 0.6) is 0 Å². The number of furan rings is 1. The summed E-state index contributed by atoms with van der Waals surface area (Å²) >= 11 is 0. The van der Waals surface area contributed by atoms with Crippen LogP contribution in [0.15, 0.2) is 27.3 Å². The van der Waals surface area contributed by atoms with Gasteiger partial charge >= 0.3 is 0 Å². The van der Waals surface area contributed by atoms with E-state index in [9.17, 15) is 4.79 Å². The lowest BCUT2D eigenvalue weighted by Crippen LogP contribution is -2.24. The highest BCUT2D eigenvalue weighted by Crippen LogP contribution is 2.28. The number of carbonyl (C=O) groups is 1. The lowest BCUT2D eigenvalue weighted by Gasteiger charge is -2.13. The summed E-state index contributed by atoms with van der Waals surface area (Å²) in [4.78, 5) is 18.2. The van der Waals surface area contributed by atoms with Crippen molar-refractivity contribution in [3.05, 3.63) is 35.9 Å². The van der Waals surface area contributed by atoms with Crippen LogP contribution in [0.3, 0.4) is 0 Å². The molecule has 1 fully saturated rings. The van der Waals surface area contributed by atoms with E-state index < -0.39 is 0 Å². The molecule has 1 saturated heterocycles. The molecule has 2 aromatic rings. The van der Waals surface area contributed by atoms with Crippen LogP contribution in [0, 0.1) is 0 Å². The van der Waals surface area contributed by atoms with E-state index in [1.165, 1.54) is 0 Å². The van der Waals surface area contributed by atoms with Gasteiger partial charge in [-0.05, 0) is 18.6 Å². The van der Waals surface area contributed by atoms with Crippen LogP contribution in [0.4, 0.5) is 0 Å². The average molecular weight is 275 g/mol. The van der Waals surface area contributed by atoms with Crippen molar-refractivity contribution in [2.24, 2.45) is 0 Å². The largest absolute Gasteiger partial charge is 0.467 e. The van der Waals surface area contributed by atoms with Gasteiger partial charge in [-0.25, -0.2) is 0 Å². The molecule has 0 bridgehead atoms. The molecule has 106 valence electrons. The number of hydrogen-bond acceptors (Lipinski definition) is 5. The number of hydrogen-bond donors (Lipinski definition) is 0. The van der Waals surface area contributed by atoms with Crippen LogP contribution >= 0.6 is 0 Å². The fourth-order valence-electron chi connectivity index (χ4n) is 2.44. The van der Waals surface area contributed by atoms with Crippen LogP contribution in [0.25, 0.3) is 0 Å². The van der Waals surface area contributed by atoms with Gasteiger partial charge in [0, 0.05) is 19.4 Å². The van der Waals surface area contributed by atoms with Gasteiger partial charge in [-0.1, -0.05) is 12.1 Å². The first-order valence-corrected chi connectivity index (χ1v) is 6.89. The third-order valence-corrected chi connectivity index (χ3v) is 3.45. The SMILES string of the molecule is CCCc1noc(C2CC(=O)N(Cc3ccco3)C2)n1. The van der Waals surface area contributed by atoms with Gasteiger partial charge in [0.05, 0.1) is 18.7 Å². The molecule has 6 nitrogen and oxygen atoms in total. The molecule has 0 aliphatic carbocycles. The first kappa shape index (κ1) is 12.9. The number of rotatable bonds is 5. The Morgan fingerprint density at radius 2 is 2.40 bits per heavy atom. The predicted octanol–water partition coefficient (Wildman–Crippen LogP) is 2.13. The molecule has 0 saturated carbocycles. The van der Waals surface area contributed by atoms with E-state index in [-0.39, 0.29) is 11.8 Å². The summed E-state index contributed by atoms with van der Waals surface area (Å²) in [5.41, 5.74) is 0. The second-order valence-corrected chi connectivity index (χ2v) is 5.05. The second-order valence-electron chi connectivity index (χ2n) is 5.05. The summed E-state index contributed by atoms with van der Waals surface area (Å²) in [6, 6.07) is 3.69. The highest BCUT2D eigenvalue weighted by atomic mass is 16.5. The van der Waals surface area contributed by atoms with Gasteiger partial charge in [0.2, 0.25) is 11.8 Å². The third-order valence-electron chi connectivity index (χ3n) is 3.45. The molecule has 1 aliphatic rings. The van der Waals surface area contributed by atoms with Crippen molar-refractivity contribution in [2.45, 2.75) is 38.6 Å². The molecule has 20 heavy (non-hydrogen) atoms. The van der Waals surface area contributed by atoms with Crippen molar-refractivity contribution in [3.8, 4) is 0 Å². The summed E-state index contributed by atoms with van der Waals surface area (Å²) in [5.74, 6) is 2.18. The number of nitrogens with zero attached hydrogens (tertiary/aromatic N) is 3. The van der Waals surface area contributed by atoms with Crippen LogP contribution in [-0.4, -0.2) is 27.5 Å². The maximum absolute atomic E-state index is 12.0. The molecule has 3 heterocycles. The van der Waals surface area contributed by atoms with Crippen molar-refractivity contribution in [1.82, 2.24) is 15.0 Å². The Hall–Kier alpha value is -2.11. The fourth-order valence-corrected chi connectivity index (χ4v) is 2.44. The summed E-state index contributed by atoms with van der Waals surface area (Å²) in [6.45, 7) is 3.17. The van der Waals surface area contributed by atoms with Crippen molar-refractivity contribution in [1.29, 1.82) is 0 Å². The van der Waals surface area contributed by atoms with E-state index in [4.69, 9.17) is 8.94 Å². The normalized spacial score (nSPS) is 18.9. The predicted molar refractivity (Wildman–Crippen MR) is 69.8 cm³/mol. The highest BCUT2D eigenvalue weighted by molar-refractivity contribution is 5.79. The zero-order valence-electron chi connectivity index (χ0n) is 11.4. The smallest absolute Gasteiger partial charge is 0.232 e. The maximum atomic E-state index is 12.0. The molecule has 2 aromatic heterocycles. The van der Waals surface area contributed by atoms with Gasteiger partial charge in [-0.2, -0.15) is 4.98 Å². The molecule has 0 spiro atoms. The molecule has 1 atom stereocenters. The van der Waals surface area contributed by atoms with Crippen LogP contribution in [-0.2, 0) is 17.8 Å². The van der Waals surface area contributed by atoms with E-state index in [1.54, 1.807) is 11.2 Å². The second kappa shape index (κ2) is 5.48. The molecule has 0 radical (unpaired) electrons. The minimum atomic E-state index is -0.00410. The summed E-state index contributed by atoms with van der Waals surface area (Å²) < 4.78 is 10.5. The lowest BCUT2D eigenvalue weighted by molar-refractivity contribution is -0.128. The Morgan fingerprint density at radius 1 is 1.50 bits per heavy atom. The van der Waals surface area contributed by atoms with Gasteiger partial charge in [0.25, 0.3) is 0 Å². The van der Waals surface area contributed by atoms with E-state index in [2.05, 4.69) is 17.1 Å². The minimum Gasteiger partial charge on any atom is -0.467 e. The number of likely N-dealkylation sites (tertiary alicyclic amines) is 1. The van der Waals surface area contributed by atoms with E-state index in [0.717, 1.165) is 24.4 Å². The Balaban J connectivity index is 1.66. The average Bonchev–Trinajstić information content (AvgIpc) is 3.13. The molecule has 3 rings (SSSR count). The Bertz CT molecular complexity index is 576. The topological polar surface area (TPSA) is 72.4 Å². The standard InChI is InChI=1S/C14H17N3O3/c1-2-4-12-15-14(20-16-12)10-7-13(18)17(8-10)9-11-5-3-6-19-11/h3,5-6,10H,2,4,7-9H2,1H3. The molecular weight excluding hydrogens is 258 g/mol. The van der Waals surface area contributed by atoms with Gasteiger partial charge in [0.1, 0.15) is 5.76 Å². The van der Waals surface area contributed by atoms with Gasteiger partial charge in [-0.15, -0.1) is 0 Å². The van der Waals surface area contributed by atoms with Crippen molar-refractivity contribution < 1.29 is 13.7 Å². The molecule has 1 aliphatic heterocycles. The minimum absolute atomic E-state index is 0.00410. The summed E-state index contributed by atoms with van der Waals surface area (Å²) in [5, 5.41) is 3.94. The van der Waals surface area contributed by atoms with E-state index in [0.29, 0.717) is 25.4 Å². The monoisotopic (exact) mass is 275 g/mol. The quantitative estimate of drug-likeness (QED) is 0.835. The van der Waals surface area contributed by atoms with E-state index >= 15 is 0 Å². The first-order chi connectivity index (χ1) is 9.76. The lowest BCUT2D eigenvalue weighted by atomic mass is 10.1. The Kier molecular flexibility index (Phi) is 3.54. The van der Waals surface area contributed by atoms with Crippen molar-refractivity contribution in [2.75, 3.05) is 6.54 Å². The van der Waals surface area contributed by atoms with Gasteiger partial charge in [0.15, 0.2) is 5.82 Å². The number of amides is 1. The molecule has 6 heteroatoms. The Labute approximate surface area is 116 Å². The molecule has 1 amide bonds. The van der Waals surface area contributed by atoms with Crippen molar-refractivity contribution in [3.63, 3.8) is 0 Å². The number of aryl methyl sites for hydroxylation is 1. The van der Waals surface area contributed by atoms with Crippen LogP contribution in [0.2, 0.25) is 0 Å². The maximum Gasteiger partial charge on any atom is 0.232 e. The van der Waals surface area contributed by atoms with Crippen LogP contribution in [0.1, 0.15) is 43.2 Å². The van der Waals surface area contributed by atoms with Crippen molar-refractivity contribution >= 4 is 5.91 Å². The zero-order chi connectivity index (χ0) is 13.9. The number of carbonyl (C=O) groups excluding carboxylic acids is 1. The third kappa shape index (κ3) is 2.59. The van der Waals surface area contributed by atoms with Gasteiger partial charge < -0.3 is 13.8 Å². The first-order valence-electron chi connectivity index (χ1n) is 6.89. The highest BCUT2D eigenvalue weighted by Gasteiger charge is 2.34. The molecule has 0 aromatic carbocycles. The van der Waals surface area contributed by atoms with Gasteiger partial charge in [-0.3, -0.25) is 4.79 Å². The Morgan fingerprint density at radius 3 is 3.15 bits per heavy atom. The zero-order valence-corrected chi connectivity index (χ0v) is 11.4. The fraction of sp³-hybridized carbons (Fsp3) is 0.500. The number of aromatic nitrogens is 2.